The number of aromatic nitrogens is 1. The SMILES string of the molecule is CC(C)C[C@H](NC(=O)CNC(=O)c1cc(-c2ccccc2)no1)C(=O)O. The van der Waals surface area contributed by atoms with Gasteiger partial charge in [0, 0.05) is 11.6 Å². The Kier molecular flexibility index (Phi) is 6.48. The Labute approximate surface area is 150 Å². The largest absolute Gasteiger partial charge is 0.480 e. The van der Waals surface area contributed by atoms with Gasteiger partial charge in [0.25, 0.3) is 5.91 Å². The summed E-state index contributed by atoms with van der Waals surface area (Å²) in [4.78, 5) is 35.1. The van der Waals surface area contributed by atoms with Crippen molar-refractivity contribution in [2.24, 2.45) is 5.92 Å². The summed E-state index contributed by atoms with van der Waals surface area (Å²) in [6.07, 6.45) is 0.303. The zero-order valence-corrected chi connectivity index (χ0v) is 14.6. The predicted octanol–water partition coefficient (Wildman–Crippen LogP) is 1.69. The van der Waals surface area contributed by atoms with Crippen molar-refractivity contribution < 1.29 is 24.0 Å². The molecule has 138 valence electrons. The average molecular weight is 359 g/mol. The number of rotatable bonds is 8. The number of hydrogen-bond acceptors (Lipinski definition) is 5. The first-order valence-corrected chi connectivity index (χ1v) is 8.19. The van der Waals surface area contributed by atoms with Crippen LogP contribution in [-0.2, 0) is 9.59 Å². The van der Waals surface area contributed by atoms with Crippen molar-refractivity contribution in [2.45, 2.75) is 26.3 Å². The van der Waals surface area contributed by atoms with Crippen molar-refractivity contribution >= 4 is 17.8 Å². The van der Waals surface area contributed by atoms with E-state index in [-0.39, 0.29) is 18.2 Å². The lowest BCUT2D eigenvalue weighted by molar-refractivity contribution is -0.142. The van der Waals surface area contributed by atoms with Crippen LogP contribution in [-0.4, -0.2) is 40.6 Å². The van der Waals surface area contributed by atoms with Gasteiger partial charge in [-0.2, -0.15) is 0 Å². The Bertz CT molecular complexity index is 770. The van der Waals surface area contributed by atoms with Crippen LogP contribution < -0.4 is 10.6 Å². The Hall–Kier alpha value is -3.16. The van der Waals surface area contributed by atoms with E-state index in [2.05, 4.69) is 15.8 Å². The van der Waals surface area contributed by atoms with Gasteiger partial charge in [0.1, 0.15) is 11.7 Å². The summed E-state index contributed by atoms with van der Waals surface area (Å²) in [7, 11) is 0. The van der Waals surface area contributed by atoms with E-state index in [1.165, 1.54) is 6.07 Å². The number of aliphatic carboxylic acids is 1. The van der Waals surface area contributed by atoms with Crippen molar-refractivity contribution in [2.75, 3.05) is 6.54 Å². The highest BCUT2D eigenvalue weighted by molar-refractivity contribution is 5.95. The highest BCUT2D eigenvalue weighted by Crippen LogP contribution is 2.18. The van der Waals surface area contributed by atoms with Crippen LogP contribution in [0.5, 0.6) is 0 Å². The Balaban J connectivity index is 1.89. The van der Waals surface area contributed by atoms with Crippen LogP contribution in [0.15, 0.2) is 40.9 Å². The number of amides is 2. The first-order chi connectivity index (χ1) is 12.4. The summed E-state index contributed by atoms with van der Waals surface area (Å²) in [5.41, 5.74) is 1.30. The number of nitrogens with zero attached hydrogens (tertiary/aromatic N) is 1. The molecule has 2 amide bonds. The van der Waals surface area contributed by atoms with Gasteiger partial charge in [0.05, 0.1) is 6.54 Å². The number of carboxylic acid groups (broad SMARTS) is 1. The molecule has 8 nitrogen and oxygen atoms in total. The minimum Gasteiger partial charge on any atom is -0.480 e. The second-order valence-corrected chi connectivity index (χ2v) is 6.21. The highest BCUT2D eigenvalue weighted by Gasteiger charge is 2.22. The Morgan fingerprint density at radius 2 is 1.88 bits per heavy atom. The monoisotopic (exact) mass is 359 g/mol. The minimum absolute atomic E-state index is 0.0337. The fourth-order valence-corrected chi connectivity index (χ4v) is 2.31. The van der Waals surface area contributed by atoms with Gasteiger partial charge in [-0.05, 0) is 12.3 Å². The lowest BCUT2D eigenvalue weighted by atomic mass is 10.0. The van der Waals surface area contributed by atoms with Crippen LogP contribution in [0.4, 0.5) is 0 Å². The van der Waals surface area contributed by atoms with E-state index in [0.717, 1.165) is 5.56 Å². The van der Waals surface area contributed by atoms with Crippen LogP contribution in [0.25, 0.3) is 11.3 Å². The third-order valence-corrected chi connectivity index (χ3v) is 3.55. The van der Waals surface area contributed by atoms with Gasteiger partial charge in [0.2, 0.25) is 11.7 Å². The molecule has 3 N–H and O–H groups in total. The topological polar surface area (TPSA) is 122 Å². The molecule has 1 atom stereocenters. The summed E-state index contributed by atoms with van der Waals surface area (Å²) in [6.45, 7) is 3.36. The number of benzene rings is 1. The predicted molar refractivity (Wildman–Crippen MR) is 93.3 cm³/mol. The molecule has 0 aliphatic heterocycles. The molecular formula is C18H21N3O5. The summed E-state index contributed by atoms with van der Waals surface area (Å²) < 4.78 is 5.00. The molecule has 1 aromatic carbocycles. The van der Waals surface area contributed by atoms with Gasteiger partial charge in [-0.1, -0.05) is 49.3 Å². The fourth-order valence-electron chi connectivity index (χ4n) is 2.31. The number of nitrogens with one attached hydrogen (secondary N) is 2. The number of carboxylic acids is 1. The lowest BCUT2D eigenvalue weighted by Crippen LogP contribution is -2.46. The van der Waals surface area contributed by atoms with Crippen LogP contribution >= 0.6 is 0 Å². The van der Waals surface area contributed by atoms with E-state index in [0.29, 0.717) is 12.1 Å². The van der Waals surface area contributed by atoms with Crippen LogP contribution in [0.3, 0.4) is 0 Å². The van der Waals surface area contributed by atoms with Gasteiger partial charge in [0.15, 0.2) is 0 Å². The van der Waals surface area contributed by atoms with Crippen molar-refractivity contribution in [3.8, 4) is 11.3 Å². The molecule has 0 radical (unpaired) electrons. The van der Waals surface area contributed by atoms with E-state index in [4.69, 9.17) is 9.63 Å². The molecule has 0 aliphatic carbocycles. The van der Waals surface area contributed by atoms with Crippen molar-refractivity contribution in [1.29, 1.82) is 0 Å². The smallest absolute Gasteiger partial charge is 0.326 e. The Morgan fingerprint density at radius 1 is 1.19 bits per heavy atom. The molecule has 0 unspecified atom stereocenters. The third kappa shape index (κ3) is 5.44. The van der Waals surface area contributed by atoms with Gasteiger partial charge in [-0.3, -0.25) is 9.59 Å². The van der Waals surface area contributed by atoms with Gasteiger partial charge in [-0.25, -0.2) is 4.79 Å². The lowest BCUT2D eigenvalue weighted by Gasteiger charge is -2.16. The van der Waals surface area contributed by atoms with E-state index in [9.17, 15) is 14.4 Å². The van der Waals surface area contributed by atoms with Gasteiger partial charge in [-0.15, -0.1) is 0 Å². The maximum atomic E-state index is 12.1. The molecule has 2 rings (SSSR count). The third-order valence-electron chi connectivity index (χ3n) is 3.55. The molecule has 2 aromatic rings. The minimum atomic E-state index is -1.11. The summed E-state index contributed by atoms with van der Waals surface area (Å²) in [5, 5.41) is 17.7. The van der Waals surface area contributed by atoms with Gasteiger partial charge >= 0.3 is 5.97 Å². The fraction of sp³-hybridized carbons (Fsp3) is 0.333. The molecule has 1 heterocycles. The molecule has 0 bridgehead atoms. The zero-order chi connectivity index (χ0) is 19.1. The number of hydrogen-bond donors (Lipinski definition) is 3. The normalized spacial score (nSPS) is 11.8. The van der Waals surface area contributed by atoms with E-state index < -0.39 is 23.8 Å². The molecular weight excluding hydrogens is 338 g/mol. The summed E-state index contributed by atoms with van der Waals surface area (Å²) >= 11 is 0. The first kappa shape index (κ1) is 19.2. The number of carbonyl (C=O) groups excluding carboxylic acids is 2. The van der Waals surface area contributed by atoms with Gasteiger partial charge < -0.3 is 20.3 Å². The Morgan fingerprint density at radius 3 is 2.50 bits per heavy atom. The van der Waals surface area contributed by atoms with E-state index in [1.54, 1.807) is 0 Å². The molecule has 0 saturated carbocycles. The summed E-state index contributed by atoms with van der Waals surface area (Å²) in [6, 6.07) is 9.67. The molecule has 0 saturated heterocycles. The zero-order valence-electron chi connectivity index (χ0n) is 14.6. The average Bonchev–Trinajstić information content (AvgIpc) is 3.09. The number of carbonyl (C=O) groups is 3. The second kappa shape index (κ2) is 8.80. The maximum absolute atomic E-state index is 12.1. The molecule has 0 fully saturated rings. The molecule has 26 heavy (non-hydrogen) atoms. The summed E-state index contributed by atoms with van der Waals surface area (Å²) in [5.74, 6) is -2.23. The molecule has 1 aromatic heterocycles. The molecule has 0 aliphatic rings. The quantitative estimate of drug-likeness (QED) is 0.659. The van der Waals surface area contributed by atoms with Crippen LogP contribution in [0.2, 0.25) is 0 Å². The van der Waals surface area contributed by atoms with Crippen molar-refractivity contribution in [3.05, 3.63) is 42.2 Å². The van der Waals surface area contributed by atoms with E-state index >= 15 is 0 Å². The maximum Gasteiger partial charge on any atom is 0.326 e. The van der Waals surface area contributed by atoms with E-state index in [1.807, 2.05) is 44.2 Å². The second-order valence-electron chi connectivity index (χ2n) is 6.21. The van der Waals surface area contributed by atoms with Crippen molar-refractivity contribution in [1.82, 2.24) is 15.8 Å². The van der Waals surface area contributed by atoms with Crippen molar-refractivity contribution in [3.63, 3.8) is 0 Å². The first-order valence-electron chi connectivity index (χ1n) is 8.19. The highest BCUT2D eigenvalue weighted by atomic mass is 16.5. The van der Waals surface area contributed by atoms with Crippen LogP contribution in [0.1, 0.15) is 30.8 Å². The standard InChI is InChI=1S/C18H21N3O5/c1-11(2)8-14(18(24)25)20-16(22)10-19-17(23)15-9-13(21-26-15)12-6-4-3-5-7-12/h3-7,9,11,14H,8,10H2,1-2H3,(H,19,23)(H,20,22)(H,24,25)/t14-/m0/s1. The van der Waals surface area contributed by atoms with Crippen LogP contribution in [0, 0.1) is 5.92 Å². The molecule has 8 heteroatoms. The molecule has 0 spiro atoms.